The molecule has 2 heterocycles. The van der Waals surface area contributed by atoms with Gasteiger partial charge in [0.05, 0.1) is 30.1 Å². The summed E-state index contributed by atoms with van der Waals surface area (Å²) >= 11 is 0. The Bertz CT molecular complexity index is 1040. The molecule has 0 bridgehead atoms. The number of nitrogens with one attached hydrogen (secondary N) is 1. The lowest BCUT2D eigenvalue weighted by atomic mass is 10.0. The fourth-order valence-electron chi connectivity index (χ4n) is 3.90. The largest absolute Gasteiger partial charge is 0.497 e. The van der Waals surface area contributed by atoms with Gasteiger partial charge in [-0.25, -0.2) is 0 Å². The summed E-state index contributed by atoms with van der Waals surface area (Å²) in [7, 11) is 1.56. The van der Waals surface area contributed by atoms with Gasteiger partial charge in [0, 0.05) is 37.8 Å². The molecule has 1 fully saturated rings. The van der Waals surface area contributed by atoms with Crippen LogP contribution in [0.1, 0.15) is 29.7 Å². The molecular formula is C25H31N5O2. The van der Waals surface area contributed by atoms with Crippen LogP contribution < -0.4 is 16.6 Å². The van der Waals surface area contributed by atoms with Gasteiger partial charge in [0.2, 0.25) is 0 Å². The number of nitrogens with zero attached hydrogens (tertiary/aromatic N) is 3. The van der Waals surface area contributed by atoms with Crippen molar-refractivity contribution in [3.8, 4) is 6.07 Å². The van der Waals surface area contributed by atoms with Gasteiger partial charge in [0.25, 0.3) is 5.56 Å². The van der Waals surface area contributed by atoms with E-state index < -0.39 is 0 Å². The Balaban J connectivity index is 1.53. The first-order valence-electron chi connectivity index (χ1n) is 10.9. The first-order chi connectivity index (χ1) is 15.5. The number of aromatic nitrogens is 1. The van der Waals surface area contributed by atoms with Crippen molar-refractivity contribution in [1.29, 1.82) is 5.26 Å². The van der Waals surface area contributed by atoms with E-state index >= 15 is 0 Å². The SMILES string of the molecule is C=C/C(=C\c1c(N)ccc(=O)n1CCN1CCC(NCc2ccc(C#N)cc2)CC1)OC. The van der Waals surface area contributed by atoms with Crippen molar-refractivity contribution in [2.75, 3.05) is 32.5 Å². The molecule has 3 rings (SSSR count). The van der Waals surface area contributed by atoms with Crippen molar-refractivity contribution in [1.82, 2.24) is 14.8 Å². The number of methoxy groups -OCH3 is 1. The summed E-state index contributed by atoms with van der Waals surface area (Å²) in [6.45, 7) is 7.83. The van der Waals surface area contributed by atoms with Gasteiger partial charge in [0.15, 0.2) is 0 Å². The quantitative estimate of drug-likeness (QED) is 0.466. The van der Waals surface area contributed by atoms with Gasteiger partial charge in [-0.05, 0) is 55.8 Å². The molecule has 1 aromatic carbocycles. The summed E-state index contributed by atoms with van der Waals surface area (Å²) in [6.07, 6.45) is 5.46. The predicted molar refractivity (Wildman–Crippen MR) is 128 cm³/mol. The minimum Gasteiger partial charge on any atom is -0.497 e. The number of likely N-dealkylation sites (tertiary alicyclic amines) is 1. The summed E-state index contributed by atoms with van der Waals surface area (Å²) in [4.78, 5) is 14.9. The number of nitrogens with two attached hydrogens (primary N) is 1. The molecule has 0 atom stereocenters. The molecule has 1 aliphatic rings. The predicted octanol–water partition coefficient (Wildman–Crippen LogP) is 2.73. The third-order valence-corrected chi connectivity index (χ3v) is 5.88. The fourth-order valence-corrected chi connectivity index (χ4v) is 3.90. The molecule has 0 unspecified atom stereocenters. The average molecular weight is 434 g/mol. The first-order valence-corrected chi connectivity index (χ1v) is 10.9. The number of benzene rings is 1. The van der Waals surface area contributed by atoms with Gasteiger partial charge < -0.3 is 25.3 Å². The number of hydrogen-bond donors (Lipinski definition) is 2. The highest BCUT2D eigenvalue weighted by atomic mass is 16.5. The van der Waals surface area contributed by atoms with E-state index in [-0.39, 0.29) is 5.56 Å². The highest BCUT2D eigenvalue weighted by Crippen LogP contribution is 2.16. The van der Waals surface area contributed by atoms with Gasteiger partial charge in [-0.1, -0.05) is 18.7 Å². The molecule has 1 aliphatic heterocycles. The van der Waals surface area contributed by atoms with Gasteiger partial charge in [0.1, 0.15) is 5.76 Å². The maximum atomic E-state index is 12.5. The number of ether oxygens (including phenoxy) is 1. The van der Waals surface area contributed by atoms with E-state index in [4.69, 9.17) is 15.7 Å². The van der Waals surface area contributed by atoms with Crippen molar-refractivity contribution in [3.05, 3.63) is 82.0 Å². The van der Waals surface area contributed by atoms with E-state index in [1.165, 1.54) is 11.6 Å². The van der Waals surface area contributed by atoms with Crippen molar-refractivity contribution in [3.63, 3.8) is 0 Å². The molecule has 168 valence electrons. The van der Waals surface area contributed by atoms with Crippen LogP contribution in [0.3, 0.4) is 0 Å². The zero-order chi connectivity index (χ0) is 22.9. The number of hydrogen-bond acceptors (Lipinski definition) is 6. The van der Waals surface area contributed by atoms with E-state index in [9.17, 15) is 4.79 Å². The second kappa shape index (κ2) is 11.3. The molecule has 3 N–H and O–H groups in total. The zero-order valence-corrected chi connectivity index (χ0v) is 18.6. The molecule has 32 heavy (non-hydrogen) atoms. The van der Waals surface area contributed by atoms with Crippen molar-refractivity contribution in [2.24, 2.45) is 0 Å². The normalized spacial score (nSPS) is 15.3. The second-order valence-electron chi connectivity index (χ2n) is 7.92. The van der Waals surface area contributed by atoms with Crippen LogP contribution in [0.2, 0.25) is 0 Å². The first kappa shape index (κ1) is 23.3. The monoisotopic (exact) mass is 433 g/mol. The summed E-state index contributed by atoms with van der Waals surface area (Å²) in [6, 6.07) is 13.4. The summed E-state index contributed by atoms with van der Waals surface area (Å²) in [5.74, 6) is 0.560. The Morgan fingerprint density at radius 3 is 2.59 bits per heavy atom. The van der Waals surface area contributed by atoms with Crippen molar-refractivity contribution < 1.29 is 4.74 Å². The standard InChI is InChI=1S/C25H31N5O2/c1-3-22(32-2)16-24-23(27)8-9-25(31)30(24)15-14-29-12-10-21(11-13-29)28-18-20-6-4-19(17-26)5-7-20/h3-9,16,21,28H,1,10-15,18,27H2,2H3/b22-16+. The third-order valence-electron chi connectivity index (χ3n) is 5.88. The molecule has 0 saturated carbocycles. The summed E-state index contributed by atoms with van der Waals surface area (Å²) < 4.78 is 6.97. The van der Waals surface area contributed by atoms with Crippen LogP contribution in [-0.4, -0.2) is 42.3 Å². The molecule has 2 aromatic rings. The highest BCUT2D eigenvalue weighted by molar-refractivity contribution is 5.63. The molecular weight excluding hydrogens is 402 g/mol. The van der Waals surface area contributed by atoms with Gasteiger partial charge in [-0.3, -0.25) is 4.79 Å². The molecule has 7 nitrogen and oxygen atoms in total. The van der Waals surface area contributed by atoms with Crippen molar-refractivity contribution >= 4 is 11.8 Å². The van der Waals surface area contributed by atoms with E-state index in [1.807, 2.05) is 24.3 Å². The van der Waals surface area contributed by atoms with Crippen LogP contribution in [0.15, 0.2) is 59.6 Å². The molecule has 1 aromatic heterocycles. The number of pyridine rings is 1. The maximum absolute atomic E-state index is 12.5. The molecule has 1 saturated heterocycles. The fraction of sp³-hybridized carbons (Fsp3) is 0.360. The molecule has 0 aliphatic carbocycles. The number of nitrogen functional groups attached to an aromatic ring is 1. The highest BCUT2D eigenvalue weighted by Gasteiger charge is 2.19. The molecule has 0 spiro atoms. The maximum Gasteiger partial charge on any atom is 0.251 e. The Morgan fingerprint density at radius 2 is 1.97 bits per heavy atom. The van der Waals surface area contributed by atoms with Crippen molar-refractivity contribution in [2.45, 2.75) is 32.0 Å². The Hall–Kier alpha value is -3.34. The van der Waals surface area contributed by atoms with E-state index in [2.05, 4.69) is 22.9 Å². The third kappa shape index (κ3) is 6.10. The van der Waals surface area contributed by atoms with Crippen LogP contribution in [0.5, 0.6) is 0 Å². The molecule has 0 amide bonds. The van der Waals surface area contributed by atoms with E-state index in [1.54, 1.807) is 29.9 Å². The number of nitriles is 1. The molecule has 0 radical (unpaired) electrons. The van der Waals surface area contributed by atoms with Gasteiger partial charge in [-0.15, -0.1) is 0 Å². The van der Waals surface area contributed by atoms with Crippen LogP contribution in [0.4, 0.5) is 5.69 Å². The Morgan fingerprint density at radius 1 is 1.25 bits per heavy atom. The van der Waals surface area contributed by atoms with E-state index in [0.717, 1.165) is 39.0 Å². The minimum absolute atomic E-state index is 0.0797. The number of rotatable bonds is 9. The summed E-state index contributed by atoms with van der Waals surface area (Å²) in [5, 5.41) is 12.5. The lowest BCUT2D eigenvalue weighted by Crippen LogP contribution is -2.43. The topological polar surface area (TPSA) is 96.3 Å². The smallest absolute Gasteiger partial charge is 0.251 e. The van der Waals surface area contributed by atoms with Crippen LogP contribution in [0.25, 0.3) is 6.08 Å². The van der Waals surface area contributed by atoms with Crippen LogP contribution in [0, 0.1) is 11.3 Å². The zero-order valence-electron chi connectivity index (χ0n) is 18.6. The second-order valence-corrected chi connectivity index (χ2v) is 7.92. The lowest BCUT2D eigenvalue weighted by Gasteiger charge is -2.32. The van der Waals surface area contributed by atoms with Crippen LogP contribution >= 0.6 is 0 Å². The van der Waals surface area contributed by atoms with Gasteiger partial charge in [-0.2, -0.15) is 5.26 Å². The number of allylic oxidation sites excluding steroid dienone is 1. The Kier molecular flexibility index (Phi) is 8.26. The minimum atomic E-state index is -0.0797. The number of anilines is 1. The summed E-state index contributed by atoms with van der Waals surface area (Å²) in [5.41, 5.74) is 9.11. The Labute approximate surface area is 189 Å². The molecule has 7 heteroatoms. The lowest BCUT2D eigenvalue weighted by molar-refractivity contribution is 0.190. The number of piperidine rings is 1. The van der Waals surface area contributed by atoms with Crippen LogP contribution in [-0.2, 0) is 17.8 Å². The van der Waals surface area contributed by atoms with Gasteiger partial charge >= 0.3 is 0 Å². The van der Waals surface area contributed by atoms with E-state index in [0.29, 0.717) is 35.3 Å². The average Bonchev–Trinajstić information content (AvgIpc) is 2.83.